The Bertz CT molecular complexity index is 695. The second-order valence-electron chi connectivity index (χ2n) is 3.96. The maximum absolute atomic E-state index is 11.4. The van der Waals surface area contributed by atoms with E-state index in [9.17, 15) is 9.59 Å². The molecule has 6 nitrogen and oxygen atoms in total. The number of hydrogen-bond acceptors (Lipinski definition) is 4. The van der Waals surface area contributed by atoms with Crippen LogP contribution < -0.4 is 5.69 Å². The normalized spacial score (nSPS) is 10.7. The molecule has 0 fully saturated rings. The summed E-state index contributed by atoms with van der Waals surface area (Å²) in [6, 6.07) is 4.58. The summed E-state index contributed by atoms with van der Waals surface area (Å²) in [7, 11) is 0. The van der Waals surface area contributed by atoms with Gasteiger partial charge in [0.05, 0.1) is 5.56 Å². The highest BCUT2D eigenvalue weighted by atomic mass is 35.5. The molecule has 8 heteroatoms. The van der Waals surface area contributed by atoms with Crippen LogP contribution in [-0.2, 0) is 12.3 Å². The molecule has 0 spiro atoms. The number of benzene rings is 1. The number of carbonyl (C=O) groups is 1. The average Bonchev–Trinajstić information content (AvgIpc) is 2.77. The lowest BCUT2D eigenvalue weighted by Crippen LogP contribution is -2.16. The van der Waals surface area contributed by atoms with E-state index in [1.165, 1.54) is 28.5 Å². The quantitative estimate of drug-likeness (QED) is 0.826. The number of carboxylic acids is 1. The summed E-state index contributed by atoms with van der Waals surface area (Å²) in [5.74, 6) is -0.513. The molecular formula is C12H12ClN3O3S. The van der Waals surface area contributed by atoms with Crippen molar-refractivity contribution in [3.63, 3.8) is 0 Å². The van der Waals surface area contributed by atoms with E-state index < -0.39 is 5.97 Å². The van der Waals surface area contributed by atoms with Crippen molar-refractivity contribution in [2.75, 3.05) is 0 Å². The molecule has 0 saturated carbocycles. The number of aromatic nitrogens is 3. The maximum atomic E-state index is 11.4. The zero-order valence-corrected chi connectivity index (χ0v) is 12.2. The molecular weight excluding hydrogens is 302 g/mol. The van der Waals surface area contributed by atoms with Gasteiger partial charge in [0.2, 0.25) is 0 Å². The first kappa shape index (κ1) is 14.7. The van der Waals surface area contributed by atoms with Gasteiger partial charge in [-0.3, -0.25) is 4.57 Å². The van der Waals surface area contributed by atoms with Crippen molar-refractivity contribution in [1.29, 1.82) is 0 Å². The van der Waals surface area contributed by atoms with Gasteiger partial charge in [-0.1, -0.05) is 29.4 Å². The fraction of sp³-hybridized carbons (Fsp3) is 0.250. The van der Waals surface area contributed by atoms with Crippen molar-refractivity contribution < 1.29 is 9.90 Å². The minimum absolute atomic E-state index is 0.147. The van der Waals surface area contributed by atoms with Crippen LogP contribution in [0.25, 0.3) is 0 Å². The minimum atomic E-state index is -1.02. The third-order valence-corrected chi connectivity index (χ3v) is 4.07. The fourth-order valence-corrected chi connectivity index (χ4v) is 2.97. The van der Waals surface area contributed by atoms with Crippen molar-refractivity contribution in [3.05, 3.63) is 44.8 Å². The van der Waals surface area contributed by atoms with Gasteiger partial charge < -0.3 is 5.11 Å². The van der Waals surface area contributed by atoms with Gasteiger partial charge in [-0.2, -0.15) is 0 Å². The highest BCUT2D eigenvalue weighted by molar-refractivity contribution is 7.98. The Hall–Kier alpha value is -1.73. The first-order valence-electron chi connectivity index (χ1n) is 5.82. The van der Waals surface area contributed by atoms with Crippen molar-refractivity contribution in [2.24, 2.45) is 0 Å². The molecule has 2 aromatic rings. The van der Waals surface area contributed by atoms with E-state index >= 15 is 0 Å². The lowest BCUT2D eigenvalue weighted by Gasteiger charge is -2.05. The summed E-state index contributed by atoms with van der Waals surface area (Å²) in [5, 5.41) is 16.1. The first-order chi connectivity index (χ1) is 9.52. The predicted molar refractivity (Wildman–Crippen MR) is 76.5 cm³/mol. The smallest absolute Gasteiger partial charge is 0.343 e. The maximum Gasteiger partial charge on any atom is 0.343 e. The summed E-state index contributed by atoms with van der Waals surface area (Å²) in [6.45, 7) is 2.39. The molecule has 0 aliphatic rings. The Kier molecular flexibility index (Phi) is 4.51. The van der Waals surface area contributed by atoms with Crippen molar-refractivity contribution in [1.82, 2.24) is 14.8 Å². The summed E-state index contributed by atoms with van der Waals surface area (Å²) in [4.78, 5) is 22.2. The Balaban J connectivity index is 2.15. The molecule has 0 aliphatic heterocycles. The Labute approximate surface area is 123 Å². The number of thioether (sulfide) groups is 1. The number of aromatic amines is 1. The van der Waals surface area contributed by atoms with E-state index in [4.69, 9.17) is 16.7 Å². The topological polar surface area (TPSA) is 88.0 Å². The molecule has 1 aromatic carbocycles. The van der Waals surface area contributed by atoms with Crippen LogP contribution in [0, 0.1) is 0 Å². The molecule has 2 N–H and O–H groups in total. The Morgan fingerprint density at radius 1 is 1.55 bits per heavy atom. The van der Waals surface area contributed by atoms with Gasteiger partial charge in [-0.25, -0.2) is 14.7 Å². The highest BCUT2D eigenvalue weighted by Crippen LogP contribution is 2.25. The van der Waals surface area contributed by atoms with Crippen LogP contribution in [0.3, 0.4) is 0 Å². The summed E-state index contributed by atoms with van der Waals surface area (Å²) >= 11 is 7.41. The molecule has 0 aliphatic carbocycles. The molecule has 0 bridgehead atoms. The van der Waals surface area contributed by atoms with Crippen LogP contribution in [0.4, 0.5) is 0 Å². The summed E-state index contributed by atoms with van der Waals surface area (Å²) < 4.78 is 1.52. The lowest BCUT2D eigenvalue weighted by molar-refractivity contribution is 0.0697. The van der Waals surface area contributed by atoms with Crippen LogP contribution in [0.1, 0.15) is 22.8 Å². The van der Waals surface area contributed by atoms with E-state index in [1.54, 1.807) is 6.07 Å². The van der Waals surface area contributed by atoms with Crippen molar-refractivity contribution in [3.8, 4) is 0 Å². The first-order valence-corrected chi connectivity index (χ1v) is 7.19. The molecule has 106 valence electrons. The van der Waals surface area contributed by atoms with E-state index in [-0.39, 0.29) is 11.3 Å². The predicted octanol–water partition coefficient (Wildman–Crippen LogP) is 2.24. The number of H-pyrrole nitrogens is 1. The molecule has 0 saturated heterocycles. The Morgan fingerprint density at radius 3 is 2.90 bits per heavy atom. The SMILES string of the molecule is CCn1c(SCc2ccc(C(=O)O)cc2Cl)n[nH]c1=O. The molecule has 1 heterocycles. The molecule has 20 heavy (non-hydrogen) atoms. The monoisotopic (exact) mass is 313 g/mol. The van der Waals surface area contributed by atoms with Gasteiger partial charge in [-0.15, -0.1) is 5.10 Å². The summed E-state index contributed by atoms with van der Waals surface area (Å²) in [5.41, 5.74) is 0.691. The van der Waals surface area contributed by atoms with Crippen molar-refractivity contribution in [2.45, 2.75) is 24.4 Å². The van der Waals surface area contributed by atoms with E-state index in [1.807, 2.05) is 6.92 Å². The lowest BCUT2D eigenvalue weighted by atomic mass is 10.1. The number of nitrogens with one attached hydrogen (secondary N) is 1. The number of aromatic carboxylic acids is 1. The van der Waals surface area contributed by atoms with Gasteiger partial charge in [0.15, 0.2) is 5.16 Å². The standard InChI is InChI=1S/C12H12ClN3O3S/c1-2-16-11(19)14-15-12(16)20-6-8-4-3-7(10(17)18)5-9(8)13/h3-5H,2,6H2,1H3,(H,14,19)(H,17,18). The average molecular weight is 314 g/mol. The molecule has 0 atom stereocenters. The van der Waals surface area contributed by atoms with E-state index in [0.717, 1.165) is 5.56 Å². The number of carboxylic acid groups (broad SMARTS) is 1. The molecule has 2 rings (SSSR count). The van der Waals surface area contributed by atoms with Gasteiger partial charge in [-0.05, 0) is 24.6 Å². The minimum Gasteiger partial charge on any atom is -0.478 e. The number of hydrogen-bond donors (Lipinski definition) is 2. The van der Waals surface area contributed by atoms with Gasteiger partial charge in [0.1, 0.15) is 0 Å². The number of rotatable bonds is 5. The third kappa shape index (κ3) is 3.05. The fourth-order valence-electron chi connectivity index (χ4n) is 1.63. The number of halogens is 1. The van der Waals surface area contributed by atoms with Crippen molar-refractivity contribution >= 4 is 29.3 Å². The van der Waals surface area contributed by atoms with E-state index in [0.29, 0.717) is 22.5 Å². The zero-order valence-electron chi connectivity index (χ0n) is 10.6. The van der Waals surface area contributed by atoms with E-state index in [2.05, 4.69) is 10.2 Å². The van der Waals surface area contributed by atoms with Crippen LogP contribution in [0.15, 0.2) is 28.2 Å². The molecule has 0 amide bonds. The van der Waals surface area contributed by atoms with Gasteiger partial charge in [0, 0.05) is 17.3 Å². The van der Waals surface area contributed by atoms with Gasteiger partial charge >= 0.3 is 11.7 Å². The number of nitrogens with zero attached hydrogens (tertiary/aromatic N) is 2. The largest absolute Gasteiger partial charge is 0.478 e. The van der Waals surface area contributed by atoms with Crippen LogP contribution in [0.5, 0.6) is 0 Å². The highest BCUT2D eigenvalue weighted by Gasteiger charge is 2.10. The summed E-state index contributed by atoms with van der Waals surface area (Å²) in [6.07, 6.45) is 0. The van der Waals surface area contributed by atoms with Crippen LogP contribution in [-0.4, -0.2) is 25.8 Å². The zero-order chi connectivity index (χ0) is 14.7. The molecule has 0 unspecified atom stereocenters. The molecule has 0 radical (unpaired) electrons. The van der Waals surface area contributed by atoms with Crippen LogP contribution >= 0.6 is 23.4 Å². The second-order valence-corrected chi connectivity index (χ2v) is 5.31. The Morgan fingerprint density at radius 2 is 2.30 bits per heavy atom. The van der Waals surface area contributed by atoms with Gasteiger partial charge in [0.25, 0.3) is 0 Å². The van der Waals surface area contributed by atoms with Crippen LogP contribution in [0.2, 0.25) is 5.02 Å². The second kappa shape index (κ2) is 6.15. The molecule has 1 aromatic heterocycles. The third-order valence-electron chi connectivity index (χ3n) is 2.70.